The van der Waals surface area contributed by atoms with Crippen molar-refractivity contribution < 1.29 is 14.4 Å². The molecule has 3 aliphatic carbocycles. The number of para-hydroxylation sites is 1. The van der Waals surface area contributed by atoms with E-state index in [9.17, 15) is 14.4 Å². The number of rotatable bonds is 5. The fourth-order valence-electron chi connectivity index (χ4n) is 5.76. The van der Waals surface area contributed by atoms with E-state index >= 15 is 0 Å². The molecule has 6 heteroatoms. The van der Waals surface area contributed by atoms with E-state index in [4.69, 9.17) is 0 Å². The van der Waals surface area contributed by atoms with Gasteiger partial charge in [0.15, 0.2) is 0 Å². The molecule has 2 aromatic carbocycles. The van der Waals surface area contributed by atoms with E-state index in [1.807, 2.05) is 62.4 Å². The van der Waals surface area contributed by atoms with Crippen LogP contribution in [-0.4, -0.2) is 28.9 Å². The second-order valence-corrected chi connectivity index (χ2v) is 9.46. The minimum atomic E-state index is -0.748. The highest BCUT2D eigenvalue weighted by Gasteiger charge is 2.58. The van der Waals surface area contributed by atoms with Crippen LogP contribution in [0.2, 0.25) is 0 Å². The molecule has 0 aromatic heterocycles. The summed E-state index contributed by atoms with van der Waals surface area (Å²) < 4.78 is 0. The van der Waals surface area contributed by atoms with Gasteiger partial charge >= 0.3 is 6.03 Å². The molecule has 0 unspecified atom stereocenters. The van der Waals surface area contributed by atoms with Gasteiger partial charge in [-0.3, -0.25) is 14.5 Å². The lowest BCUT2D eigenvalue weighted by atomic mass is 9.63. The molecule has 0 spiro atoms. The zero-order valence-electron chi connectivity index (χ0n) is 19.0. The summed E-state index contributed by atoms with van der Waals surface area (Å²) in [5.74, 6) is -0.690. The van der Waals surface area contributed by atoms with Crippen molar-refractivity contribution in [2.75, 3.05) is 5.32 Å². The Morgan fingerprint density at radius 3 is 2.03 bits per heavy atom. The number of fused-ring (bicyclic) bond motifs is 1. The van der Waals surface area contributed by atoms with Gasteiger partial charge in [-0.1, -0.05) is 60.7 Å². The van der Waals surface area contributed by atoms with Crippen molar-refractivity contribution >= 4 is 23.5 Å². The topological polar surface area (TPSA) is 78.5 Å². The van der Waals surface area contributed by atoms with Crippen molar-refractivity contribution in [2.45, 2.75) is 39.3 Å². The molecule has 1 saturated carbocycles. The summed E-state index contributed by atoms with van der Waals surface area (Å²) in [6.45, 7) is 3.87. The average Bonchev–Trinajstić information content (AvgIpc) is 3.10. The number of amides is 4. The van der Waals surface area contributed by atoms with E-state index < -0.39 is 12.2 Å². The highest BCUT2D eigenvalue weighted by Crippen LogP contribution is 2.50. The average molecular weight is 444 g/mol. The number of urea groups is 1. The second kappa shape index (κ2) is 8.50. The first kappa shape index (κ1) is 21.4. The van der Waals surface area contributed by atoms with Gasteiger partial charge in [0.05, 0.1) is 11.8 Å². The number of hydrogen-bond donors (Lipinski definition) is 2. The molecule has 4 aliphatic rings. The van der Waals surface area contributed by atoms with Gasteiger partial charge in [0.2, 0.25) is 11.8 Å². The number of likely N-dealkylation sites (tertiary alicyclic amines) is 1. The van der Waals surface area contributed by atoms with Crippen molar-refractivity contribution in [1.82, 2.24) is 10.2 Å². The molecule has 2 aromatic rings. The molecule has 33 heavy (non-hydrogen) atoms. The van der Waals surface area contributed by atoms with Crippen molar-refractivity contribution in [2.24, 2.45) is 23.7 Å². The van der Waals surface area contributed by atoms with Crippen LogP contribution in [0.25, 0.3) is 0 Å². The van der Waals surface area contributed by atoms with Gasteiger partial charge in [-0.05, 0) is 55.2 Å². The number of nitrogens with zero attached hydrogens (tertiary/aromatic N) is 1. The lowest BCUT2D eigenvalue weighted by Gasteiger charge is -2.38. The van der Waals surface area contributed by atoms with E-state index in [0.29, 0.717) is 6.42 Å². The van der Waals surface area contributed by atoms with Crippen molar-refractivity contribution in [3.8, 4) is 0 Å². The van der Waals surface area contributed by atoms with Gasteiger partial charge in [-0.15, -0.1) is 0 Å². The summed E-state index contributed by atoms with van der Waals surface area (Å²) in [4.78, 5) is 41.4. The zero-order valence-corrected chi connectivity index (χ0v) is 19.0. The van der Waals surface area contributed by atoms with Gasteiger partial charge < -0.3 is 10.6 Å². The Kier molecular flexibility index (Phi) is 5.52. The standard InChI is InChI=1S/C27H29N3O3/c1-16-7-6-8-17(2)24(16)29-27(33)28-21(15-18-9-4-3-5-10-18)30-25(31)22-19-11-12-20(14-13-19)23(22)26(30)32/h3-12,19-23H,13-15H2,1-2H3,(H2,28,29,33)/t19-,20-,21-,22-,23+/m0/s1. The van der Waals surface area contributed by atoms with E-state index in [1.54, 1.807) is 0 Å². The maximum atomic E-state index is 13.5. The molecule has 1 aliphatic heterocycles. The largest absolute Gasteiger partial charge is 0.320 e. The summed E-state index contributed by atoms with van der Waals surface area (Å²) in [6, 6.07) is 15.0. The van der Waals surface area contributed by atoms with Gasteiger partial charge in [0, 0.05) is 12.1 Å². The minimum absolute atomic E-state index is 0.113. The van der Waals surface area contributed by atoms with Crippen LogP contribution in [0.5, 0.6) is 0 Å². The third-order valence-corrected chi connectivity index (χ3v) is 7.39. The fraction of sp³-hybridized carbons (Fsp3) is 0.370. The molecule has 6 rings (SSSR count). The molecule has 170 valence electrons. The van der Waals surface area contributed by atoms with Crippen LogP contribution in [0.15, 0.2) is 60.7 Å². The van der Waals surface area contributed by atoms with Crippen LogP contribution in [0.4, 0.5) is 10.5 Å². The Labute approximate surface area is 194 Å². The Hall–Kier alpha value is -3.41. The third kappa shape index (κ3) is 3.84. The molecular formula is C27H29N3O3. The Bertz CT molecular complexity index is 1070. The summed E-state index contributed by atoms with van der Waals surface area (Å²) >= 11 is 0. The summed E-state index contributed by atoms with van der Waals surface area (Å²) in [5.41, 5.74) is 3.59. The van der Waals surface area contributed by atoms with E-state index in [2.05, 4.69) is 22.8 Å². The number of benzene rings is 2. The van der Waals surface area contributed by atoms with Crippen LogP contribution in [0.3, 0.4) is 0 Å². The SMILES string of the molecule is Cc1cccc(C)c1NC(=O)N[C@H](Cc1ccccc1)N1C(=O)[C@@H]2[C@H](C1=O)[C@H]1C=C[C@H]2CC1. The maximum absolute atomic E-state index is 13.5. The molecule has 2 N–H and O–H groups in total. The first-order valence-corrected chi connectivity index (χ1v) is 11.7. The van der Waals surface area contributed by atoms with E-state index in [1.165, 1.54) is 4.90 Å². The number of hydrogen-bond acceptors (Lipinski definition) is 3. The molecule has 0 radical (unpaired) electrons. The molecular weight excluding hydrogens is 414 g/mol. The lowest BCUT2D eigenvalue weighted by molar-refractivity contribution is -0.143. The van der Waals surface area contributed by atoms with Crippen molar-refractivity contribution in [3.63, 3.8) is 0 Å². The first-order valence-electron chi connectivity index (χ1n) is 11.7. The molecule has 2 fully saturated rings. The number of anilines is 1. The summed E-state index contributed by atoms with van der Waals surface area (Å²) in [5, 5.41) is 5.87. The normalized spacial score (nSPS) is 26.3. The molecule has 5 atom stereocenters. The summed E-state index contributed by atoms with van der Waals surface area (Å²) in [7, 11) is 0. The van der Waals surface area contributed by atoms with E-state index in [-0.39, 0.29) is 35.5 Å². The van der Waals surface area contributed by atoms with Crippen molar-refractivity contribution in [3.05, 3.63) is 77.4 Å². The Morgan fingerprint density at radius 1 is 0.909 bits per heavy atom. The molecule has 6 nitrogen and oxygen atoms in total. The van der Waals surface area contributed by atoms with Crippen LogP contribution in [-0.2, 0) is 16.0 Å². The number of nitrogens with one attached hydrogen (secondary N) is 2. The molecule has 1 saturated heterocycles. The minimum Gasteiger partial charge on any atom is -0.317 e. The molecule has 2 bridgehead atoms. The number of carbonyl (C=O) groups excluding carboxylic acids is 3. The molecule has 1 heterocycles. The molecule has 4 amide bonds. The quantitative estimate of drug-likeness (QED) is 0.537. The van der Waals surface area contributed by atoms with Gasteiger partial charge in [0.25, 0.3) is 0 Å². The number of imide groups is 1. The van der Waals surface area contributed by atoms with Crippen LogP contribution in [0.1, 0.15) is 29.5 Å². The predicted octanol–water partition coefficient (Wildman–Crippen LogP) is 4.19. The van der Waals surface area contributed by atoms with E-state index in [0.717, 1.165) is 35.2 Å². The third-order valence-electron chi connectivity index (χ3n) is 7.39. The lowest BCUT2D eigenvalue weighted by Crippen LogP contribution is -2.53. The van der Waals surface area contributed by atoms with Crippen molar-refractivity contribution in [1.29, 1.82) is 0 Å². The highest BCUT2D eigenvalue weighted by atomic mass is 16.2. The van der Waals surface area contributed by atoms with Crippen LogP contribution in [0, 0.1) is 37.5 Å². The van der Waals surface area contributed by atoms with Crippen LogP contribution < -0.4 is 10.6 Å². The monoisotopic (exact) mass is 443 g/mol. The van der Waals surface area contributed by atoms with Gasteiger partial charge in [-0.2, -0.15) is 0 Å². The van der Waals surface area contributed by atoms with Gasteiger partial charge in [-0.25, -0.2) is 4.79 Å². The smallest absolute Gasteiger partial charge is 0.317 e. The summed E-state index contributed by atoms with van der Waals surface area (Å²) in [6.07, 6.45) is 5.72. The second-order valence-electron chi connectivity index (χ2n) is 9.46. The Balaban J connectivity index is 1.42. The number of carbonyl (C=O) groups is 3. The number of aryl methyl sites for hydroxylation is 2. The Morgan fingerprint density at radius 2 is 1.48 bits per heavy atom. The number of allylic oxidation sites excluding steroid dienone is 2. The van der Waals surface area contributed by atoms with Crippen LogP contribution >= 0.6 is 0 Å². The maximum Gasteiger partial charge on any atom is 0.320 e. The first-order chi connectivity index (χ1) is 15.9. The van der Waals surface area contributed by atoms with Gasteiger partial charge in [0.1, 0.15) is 6.17 Å². The zero-order chi connectivity index (χ0) is 23.1. The highest BCUT2D eigenvalue weighted by molar-refractivity contribution is 6.06. The predicted molar refractivity (Wildman–Crippen MR) is 126 cm³/mol. The fourth-order valence-corrected chi connectivity index (χ4v) is 5.76.